The topological polar surface area (TPSA) is 102 Å². The summed E-state index contributed by atoms with van der Waals surface area (Å²) in [5.74, 6) is -0.484. The first-order chi connectivity index (χ1) is 15.8. The number of imidazole rings is 1. The van der Waals surface area contributed by atoms with E-state index in [0.29, 0.717) is 16.4 Å². The van der Waals surface area contributed by atoms with Crippen LogP contribution in [0.5, 0.6) is 0 Å². The van der Waals surface area contributed by atoms with Gasteiger partial charge in [-0.3, -0.25) is 9.59 Å². The van der Waals surface area contributed by atoms with E-state index in [0.717, 1.165) is 28.8 Å². The van der Waals surface area contributed by atoms with E-state index in [2.05, 4.69) is 15.6 Å². The molecule has 2 N–H and O–H groups in total. The van der Waals surface area contributed by atoms with Crippen LogP contribution in [-0.2, 0) is 21.4 Å². The second-order valence-electron chi connectivity index (χ2n) is 8.13. The van der Waals surface area contributed by atoms with Gasteiger partial charge in [0.05, 0.1) is 5.56 Å². The molecule has 0 unspecified atom stereocenters. The van der Waals surface area contributed by atoms with E-state index < -0.39 is 24.5 Å². The smallest absolute Gasteiger partial charge is 0.341 e. The van der Waals surface area contributed by atoms with E-state index in [1.165, 1.54) is 11.3 Å². The number of esters is 1. The minimum absolute atomic E-state index is 0.0170. The van der Waals surface area contributed by atoms with Crippen LogP contribution in [-0.4, -0.2) is 33.9 Å². The monoisotopic (exact) mass is 466 g/mol. The van der Waals surface area contributed by atoms with Crippen molar-refractivity contribution in [3.05, 3.63) is 70.1 Å². The van der Waals surface area contributed by atoms with Crippen LogP contribution in [0.1, 0.15) is 51.1 Å². The first-order valence-corrected chi connectivity index (χ1v) is 11.6. The normalized spacial score (nSPS) is 13.9. The number of benzene rings is 1. The summed E-state index contributed by atoms with van der Waals surface area (Å²) in [7, 11) is 1.85. The minimum atomic E-state index is -0.633. The molecule has 3 aromatic rings. The Morgan fingerprint density at radius 2 is 1.94 bits per heavy atom. The van der Waals surface area contributed by atoms with Gasteiger partial charge in [-0.05, 0) is 37.8 Å². The van der Waals surface area contributed by atoms with Crippen LogP contribution in [0.2, 0.25) is 0 Å². The van der Waals surface area contributed by atoms with Crippen LogP contribution in [0.15, 0.2) is 42.7 Å². The van der Waals surface area contributed by atoms with Gasteiger partial charge in [0.15, 0.2) is 6.61 Å². The molecule has 0 saturated heterocycles. The van der Waals surface area contributed by atoms with Gasteiger partial charge in [-0.25, -0.2) is 9.78 Å². The molecule has 1 fully saturated rings. The van der Waals surface area contributed by atoms with Gasteiger partial charge in [-0.1, -0.05) is 30.3 Å². The van der Waals surface area contributed by atoms with Gasteiger partial charge in [-0.2, -0.15) is 0 Å². The molecule has 2 heterocycles. The van der Waals surface area contributed by atoms with Crippen LogP contribution < -0.4 is 10.6 Å². The molecule has 1 atom stereocenters. The highest BCUT2D eigenvalue weighted by atomic mass is 32.1. The van der Waals surface area contributed by atoms with Crippen molar-refractivity contribution in [2.45, 2.75) is 32.7 Å². The second-order valence-corrected chi connectivity index (χ2v) is 9.36. The van der Waals surface area contributed by atoms with Gasteiger partial charge in [0.25, 0.3) is 5.91 Å². The fourth-order valence-corrected chi connectivity index (χ4v) is 4.58. The number of thiophene rings is 1. The summed E-state index contributed by atoms with van der Waals surface area (Å²) in [6.07, 6.45) is 5.20. The van der Waals surface area contributed by atoms with Crippen LogP contribution in [0.25, 0.3) is 0 Å². The van der Waals surface area contributed by atoms with Crippen molar-refractivity contribution in [3.8, 4) is 0 Å². The Labute approximate surface area is 196 Å². The number of amides is 2. The van der Waals surface area contributed by atoms with Crippen LogP contribution in [0, 0.1) is 19.8 Å². The maximum Gasteiger partial charge on any atom is 0.341 e. The quantitative estimate of drug-likeness (QED) is 0.495. The lowest BCUT2D eigenvalue weighted by molar-refractivity contribution is -0.124. The molecule has 1 aliphatic carbocycles. The van der Waals surface area contributed by atoms with Gasteiger partial charge in [0.2, 0.25) is 5.91 Å². The molecule has 2 aromatic heterocycles. The summed E-state index contributed by atoms with van der Waals surface area (Å²) in [5, 5.41) is 6.23. The van der Waals surface area contributed by atoms with Gasteiger partial charge < -0.3 is 19.9 Å². The van der Waals surface area contributed by atoms with E-state index >= 15 is 0 Å². The van der Waals surface area contributed by atoms with Crippen LogP contribution >= 0.6 is 11.3 Å². The lowest BCUT2D eigenvalue weighted by Gasteiger charge is -2.19. The summed E-state index contributed by atoms with van der Waals surface area (Å²) in [4.78, 5) is 43.1. The van der Waals surface area contributed by atoms with E-state index in [1.807, 2.05) is 55.8 Å². The van der Waals surface area contributed by atoms with Crippen molar-refractivity contribution in [3.63, 3.8) is 0 Å². The highest BCUT2D eigenvalue weighted by molar-refractivity contribution is 7.16. The van der Waals surface area contributed by atoms with E-state index in [1.54, 1.807) is 12.4 Å². The summed E-state index contributed by atoms with van der Waals surface area (Å²) < 4.78 is 7.17. The van der Waals surface area contributed by atoms with Gasteiger partial charge in [-0.15, -0.1) is 11.3 Å². The van der Waals surface area contributed by atoms with Crippen molar-refractivity contribution in [1.82, 2.24) is 14.9 Å². The van der Waals surface area contributed by atoms with Gasteiger partial charge >= 0.3 is 5.97 Å². The highest BCUT2D eigenvalue weighted by Crippen LogP contribution is 2.36. The first kappa shape index (κ1) is 22.7. The molecule has 1 aliphatic rings. The highest BCUT2D eigenvalue weighted by Gasteiger charge is 2.32. The number of hydrogen-bond acceptors (Lipinski definition) is 6. The van der Waals surface area contributed by atoms with E-state index in [4.69, 9.17) is 4.74 Å². The molecule has 172 valence electrons. The molecular weight excluding hydrogens is 440 g/mol. The molecule has 0 aliphatic heterocycles. The van der Waals surface area contributed by atoms with Gasteiger partial charge in [0.1, 0.15) is 16.9 Å². The lowest BCUT2D eigenvalue weighted by atomic mass is 10.1. The number of carbonyl (C=O) groups is 3. The number of rotatable bonds is 8. The van der Waals surface area contributed by atoms with Crippen LogP contribution in [0.3, 0.4) is 0 Å². The summed E-state index contributed by atoms with van der Waals surface area (Å²) in [6, 6.07) is 8.98. The molecule has 0 radical (unpaired) electrons. The third-order valence-corrected chi connectivity index (χ3v) is 6.79. The zero-order valence-corrected chi connectivity index (χ0v) is 19.6. The Hall–Kier alpha value is -3.46. The summed E-state index contributed by atoms with van der Waals surface area (Å²) in [6.45, 7) is 3.24. The Bertz CT molecular complexity index is 1180. The van der Waals surface area contributed by atoms with Crippen molar-refractivity contribution in [2.24, 2.45) is 13.0 Å². The molecule has 2 amide bonds. The minimum Gasteiger partial charge on any atom is -0.452 e. The zero-order valence-electron chi connectivity index (χ0n) is 18.8. The number of hydrogen-bond donors (Lipinski definition) is 2. The summed E-state index contributed by atoms with van der Waals surface area (Å²) in [5.41, 5.74) is 1.91. The number of aryl methyl sites for hydroxylation is 2. The fourth-order valence-electron chi connectivity index (χ4n) is 3.52. The molecule has 4 rings (SSSR count). The molecule has 9 heteroatoms. The average Bonchev–Trinajstić information content (AvgIpc) is 3.52. The summed E-state index contributed by atoms with van der Waals surface area (Å²) >= 11 is 1.34. The lowest BCUT2D eigenvalue weighted by Crippen LogP contribution is -2.34. The predicted octanol–water partition coefficient (Wildman–Crippen LogP) is 3.51. The average molecular weight is 467 g/mol. The van der Waals surface area contributed by atoms with Crippen LogP contribution in [0.4, 0.5) is 5.00 Å². The number of ether oxygens (including phenoxy) is 1. The molecule has 0 bridgehead atoms. The van der Waals surface area contributed by atoms with E-state index in [-0.39, 0.29) is 11.8 Å². The fraction of sp³-hybridized carbons (Fsp3) is 0.333. The largest absolute Gasteiger partial charge is 0.452 e. The Balaban J connectivity index is 1.44. The molecule has 0 spiro atoms. The third kappa shape index (κ3) is 5.14. The number of nitrogens with zero attached hydrogens (tertiary/aromatic N) is 2. The molecule has 8 nitrogen and oxygen atoms in total. The molecule has 1 saturated carbocycles. The maximum atomic E-state index is 12.8. The number of nitrogens with one attached hydrogen (secondary N) is 2. The molecule has 33 heavy (non-hydrogen) atoms. The Kier molecular flexibility index (Phi) is 6.60. The Morgan fingerprint density at radius 1 is 1.21 bits per heavy atom. The van der Waals surface area contributed by atoms with Crippen molar-refractivity contribution in [2.75, 3.05) is 11.9 Å². The predicted molar refractivity (Wildman–Crippen MR) is 125 cm³/mol. The van der Waals surface area contributed by atoms with Gasteiger partial charge in [0, 0.05) is 30.2 Å². The Morgan fingerprint density at radius 3 is 2.58 bits per heavy atom. The standard InChI is InChI=1S/C24H26N4O4S/c1-14-15(2)33-23(27-22(30)17-9-10-17)19(14)24(31)32-13-18(29)26-20(16-7-5-4-6-8-16)21-25-11-12-28(21)3/h4-8,11-12,17,20H,9-10,13H2,1-3H3,(H,26,29)(H,27,30)/t20-/m0/s1. The SMILES string of the molecule is Cc1sc(NC(=O)C2CC2)c(C(=O)OCC(=O)N[C@@H](c2ccccc2)c2nccn2C)c1C. The third-order valence-electron chi connectivity index (χ3n) is 5.66. The number of anilines is 1. The second kappa shape index (κ2) is 9.58. The van der Waals surface area contributed by atoms with Crippen molar-refractivity contribution >= 4 is 34.1 Å². The molecule has 1 aromatic carbocycles. The van der Waals surface area contributed by atoms with E-state index in [9.17, 15) is 14.4 Å². The number of aromatic nitrogens is 2. The molecular formula is C24H26N4O4S. The first-order valence-electron chi connectivity index (χ1n) is 10.7. The number of carbonyl (C=O) groups excluding carboxylic acids is 3. The van der Waals surface area contributed by atoms with Crippen molar-refractivity contribution in [1.29, 1.82) is 0 Å². The van der Waals surface area contributed by atoms with Crippen molar-refractivity contribution < 1.29 is 19.1 Å². The maximum absolute atomic E-state index is 12.8. The zero-order chi connectivity index (χ0) is 23.5.